The van der Waals surface area contributed by atoms with Gasteiger partial charge in [0, 0.05) is 12.5 Å². The van der Waals surface area contributed by atoms with Crippen LogP contribution in [0.15, 0.2) is 30.3 Å². The van der Waals surface area contributed by atoms with Gasteiger partial charge in [-0.05, 0) is 67.4 Å². The van der Waals surface area contributed by atoms with E-state index in [-0.39, 0.29) is 6.61 Å². The van der Waals surface area contributed by atoms with Gasteiger partial charge in [0.05, 0.1) is 6.61 Å². The Balaban J connectivity index is 2.29. The average molecular weight is 330 g/mol. The second kappa shape index (κ2) is 7.57. The van der Waals surface area contributed by atoms with Gasteiger partial charge < -0.3 is 14.6 Å². The zero-order chi connectivity index (χ0) is 17.0. The van der Waals surface area contributed by atoms with E-state index < -0.39 is 0 Å². The summed E-state index contributed by atoms with van der Waals surface area (Å²) in [6.45, 7) is 8.14. The van der Waals surface area contributed by atoms with E-state index in [0.29, 0.717) is 17.4 Å². The Morgan fingerprint density at radius 1 is 1.04 bits per heavy atom. The van der Waals surface area contributed by atoms with E-state index >= 15 is 0 Å². The molecule has 2 aromatic carbocycles. The summed E-state index contributed by atoms with van der Waals surface area (Å²) >= 11 is 5.02. The molecular weight excluding hydrogens is 308 g/mol. The topological polar surface area (TPSA) is 38.7 Å². The van der Waals surface area contributed by atoms with Crippen LogP contribution in [0.2, 0.25) is 0 Å². The first-order chi connectivity index (χ1) is 10.9. The van der Waals surface area contributed by atoms with Crippen LogP contribution >= 0.6 is 12.2 Å². The van der Waals surface area contributed by atoms with Gasteiger partial charge in [-0.2, -0.15) is 0 Å². The quantitative estimate of drug-likeness (QED) is 0.824. The first-order valence-electron chi connectivity index (χ1n) is 7.53. The van der Waals surface area contributed by atoms with E-state index in [1.54, 1.807) is 6.92 Å². The molecule has 0 spiro atoms. The van der Waals surface area contributed by atoms with Crippen molar-refractivity contribution in [2.45, 2.75) is 40.9 Å². The minimum atomic E-state index is -0.0712. The van der Waals surface area contributed by atoms with E-state index in [9.17, 15) is 5.11 Å². The first-order valence-corrected chi connectivity index (χ1v) is 7.94. The predicted molar refractivity (Wildman–Crippen MR) is 96.2 cm³/mol. The smallest absolute Gasteiger partial charge is 0.164 e. The number of thiocarbonyl (C=S) groups is 1. The minimum Gasteiger partial charge on any atom is -0.488 e. The highest BCUT2D eigenvalue weighted by Crippen LogP contribution is 2.28. The highest BCUT2D eigenvalue weighted by Gasteiger charge is 2.12. The van der Waals surface area contributed by atoms with Crippen molar-refractivity contribution < 1.29 is 14.6 Å². The van der Waals surface area contributed by atoms with Gasteiger partial charge >= 0.3 is 0 Å². The molecule has 0 radical (unpaired) electrons. The van der Waals surface area contributed by atoms with Crippen molar-refractivity contribution in [1.82, 2.24) is 0 Å². The van der Waals surface area contributed by atoms with Crippen LogP contribution in [0.3, 0.4) is 0 Å². The van der Waals surface area contributed by atoms with E-state index in [0.717, 1.165) is 22.4 Å². The molecule has 0 saturated heterocycles. The Morgan fingerprint density at radius 3 is 2.39 bits per heavy atom. The third-order valence-corrected chi connectivity index (χ3v) is 3.90. The van der Waals surface area contributed by atoms with Gasteiger partial charge in [0.15, 0.2) is 5.05 Å². The minimum absolute atomic E-state index is 0.0712. The fourth-order valence-corrected chi connectivity index (χ4v) is 2.50. The Morgan fingerprint density at radius 2 is 1.74 bits per heavy atom. The van der Waals surface area contributed by atoms with Crippen LogP contribution in [-0.4, -0.2) is 10.2 Å². The van der Waals surface area contributed by atoms with Crippen LogP contribution in [0.4, 0.5) is 0 Å². The SMILES string of the molecule is CC(=S)Oc1cccc(CO)c1COc1cc(C)c(C)cc1C. The second-order valence-corrected chi connectivity index (χ2v) is 6.21. The molecule has 0 fully saturated rings. The lowest BCUT2D eigenvalue weighted by Crippen LogP contribution is -2.07. The Bertz CT molecular complexity index is 723. The van der Waals surface area contributed by atoms with E-state index in [2.05, 4.69) is 19.9 Å². The molecule has 0 saturated carbocycles. The number of benzene rings is 2. The van der Waals surface area contributed by atoms with Crippen molar-refractivity contribution in [3.8, 4) is 11.5 Å². The van der Waals surface area contributed by atoms with Crippen molar-refractivity contribution >= 4 is 17.3 Å². The molecule has 0 aliphatic rings. The van der Waals surface area contributed by atoms with Gasteiger partial charge in [0.25, 0.3) is 0 Å². The Labute approximate surface area is 142 Å². The highest BCUT2D eigenvalue weighted by atomic mass is 32.1. The number of hydrogen-bond donors (Lipinski definition) is 1. The van der Waals surface area contributed by atoms with Crippen molar-refractivity contribution in [2.75, 3.05) is 0 Å². The maximum atomic E-state index is 9.57. The molecule has 1 N–H and O–H groups in total. The average Bonchev–Trinajstić information content (AvgIpc) is 2.49. The lowest BCUT2D eigenvalue weighted by Gasteiger charge is -2.16. The summed E-state index contributed by atoms with van der Waals surface area (Å²) in [6, 6.07) is 9.68. The molecule has 122 valence electrons. The third-order valence-electron chi connectivity index (χ3n) is 3.82. The lowest BCUT2D eigenvalue weighted by atomic mass is 10.1. The van der Waals surface area contributed by atoms with Crippen LogP contribution in [-0.2, 0) is 13.2 Å². The monoisotopic (exact) mass is 330 g/mol. The van der Waals surface area contributed by atoms with E-state index in [1.807, 2.05) is 31.2 Å². The molecule has 3 nitrogen and oxygen atoms in total. The maximum absolute atomic E-state index is 9.57. The van der Waals surface area contributed by atoms with Crippen LogP contribution < -0.4 is 9.47 Å². The van der Waals surface area contributed by atoms with Crippen LogP contribution in [0, 0.1) is 20.8 Å². The number of rotatable bonds is 5. The summed E-state index contributed by atoms with van der Waals surface area (Å²) in [5.74, 6) is 1.47. The summed E-state index contributed by atoms with van der Waals surface area (Å²) in [5.41, 5.74) is 5.11. The molecule has 2 rings (SSSR count). The van der Waals surface area contributed by atoms with E-state index in [4.69, 9.17) is 21.7 Å². The largest absolute Gasteiger partial charge is 0.488 e. The molecule has 0 atom stereocenters. The summed E-state index contributed by atoms with van der Waals surface area (Å²) < 4.78 is 11.6. The molecule has 0 aliphatic heterocycles. The molecule has 4 heteroatoms. The summed E-state index contributed by atoms with van der Waals surface area (Å²) in [4.78, 5) is 0. The maximum Gasteiger partial charge on any atom is 0.164 e. The molecule has 0 aliphatic carbocycles. The molecule has 23 heavy (non-hydrogen) atoms. The van der Waals surface area contributed by atoms with Crippen molar-refractivity contribution in [3.63, 3.8) is 0 Å². The molecule has 0 amide bonds. The number of aliphatic hydroxyl groups is 1. The number of ether oxygens (including phenoxy) is 2. The molecule has 0 heterocycles. The van der Waals surface area contributed by atoms with Gasteiger partial charge in [-0.15, -0.1) is 0 Å². The van der Waals surface area contributed by atoms with Crippen molar-refractivity contribution in [1.29, 1.82) is 0 Å². The summed E-state index contributed by atoms with van der Waals surface area (Å²) in [5, 5.41) is 10.00. The lowest BCUT2D eigenvalue weighted by molar-refractivity contribution is 0.266. The molecular formula is C19H22O3S. The van der Waals surface area contributed by atoms with Crippen LogP contribution in [0.5, 0.6) is 11.5 Å². The highest BCUT2D eigenvalue weighted by molar-refractivity contribution is 7.80. The standard InChI is InChI=1S/C19H22O3S/c1-12-8-14(3)19(9-13(12)2)21-11-17-16(10-20)6-5-7-18(17)22-15(4)23/h5-9,20H,10-11H2,1-4H3. The van der Waals surface area contributed by atoms with Crippen LogP contribution in [0.25, 0.3) is 0 Å². The zero-order valence-electron chi connectivity index (χ0n) is 14.0. The summed E-state index contributed by atoms with van der Waals surface area (Å²) in [7, 11) is 0. The van der Waals surface area contributed by atoms with Gasteiger partial charge in [0.2, 0.25) is 0 Å². The number of hydrogen-bond acceptors (Lipinski definition) is 4. The van der Waals surface area contributed by atoms with Crippen LogP contribution in [0.1, 0.15) is 34.7 Å². The fraction of sp³-hybridized carbons (Fsp3) is 0.316. The number of aryl methyl sites for hydroxylation is 3. The first kappa shape index (κ1) is 17.4. The Hall–Kier alpha value is -1.91. The van der Waals surface area contributed by atoms with Gasteiger partial charge in [-0.3, -0.25) is 0 Å². The Kier molecular flexibility index (Phi) is 5.74. The van der Waals surface area contributed by atoms with E-state index in [1.165, 1.54) is 11.1 Å². The predicted octanol–water partition coefficient (Wildman–Crippen LogP) is 4.41. The van der Waals surface area contributed by atoms with Gasteiger partial charge in [-0.1, -0.05) is 18.2 Å². The molecule has 0 unspecified atom stereocenters. The summed E-state index contributed by atoms with van der Waals surface area (Å²) in [6.07, 6.45) is 0. The molecule has 0 aromatic heterocycles. The normalized spacial score (nSPS) is 10.5. The van der Waals surface area contributed by atoms with Gasteiger partial charge in [-0.25, -0.2) is 0 Å². The number of aliphatic hydroxyl groups excluding tert-OH is 1. The second-order valence-electron chi connectivity index (χ2n) is 5.64. The fourth-order valence-electron chi connectivity index (χ4n) is 2.41. The third kappa shape index (κ3) is 4.30. The van der Waals surface area contributed by atoms with Crippen molar-refractivity contribution in [3.05, 3.63) is 58.1 Å². The molecule has 2 aromatic rings. The molecule has 0 bridgehead atoms. The van der Waals surface area contributed by atoms with Crippen molar-refractivity contribution in [2.24, 2.45) is 0 Å². The zero-order valence-corrected chi connectivity index (χ0v) is 14.8. The van der Waals surface area contributed by atoms with Gasteiger partial charge in [0.1, 0.15) is 18.1 Å².